The number of benzene rings is 1. The predicted octanol–water partition coefficient (Wildman–Crippen LogP) is 3.98. The molecule has 1 saturated heterocycles. The molecule has 1 aromatic rings. The molecule has 3 nitrogen and oxygen atoms in total. The fraction of sp³-hybridized carbons (Fsp3) is 0.529. The smallest absolute Gasteiger partial charge is 0.201 e. The second-order valence-corrected chi connectivity index (χ2v) is 7.42. The summed E-state index contributed by atoms with van der Waals surface area (Å²) in [5.41, 5.74) is 0.986. The van der Waals surface area contributed by atoms with Crippen molar-refractivity contribution in [3.05, 3.63) is 41.4 Å². The molecule has 1 aliphatic rings. The van der Waals surface area contributed by atoms with Gasteiger partial charge < -0.3 is 4.90 Å². The zero-order valence-corrected chi connectivity index (χ0v) is 13.6. The summed E-state index contributed by atoms with van der Waals surface area (Å²) < 4.78 is 25.1. The molecule has 4 heteroatoms. The molecule has 0 radical (unpaired) electrons. The molecule has 1 aliphatic heterocycles. The Hall–Kier alpha value is -1.29. The number of likely N-dealkylation sites (tertiary alicyclic amines) is 1. The van der Waals surface area contributed by atoms with E-state index in [1.54, 1.807) is 24.3 Å². The standard InChI is InChI=1S/C17H25NO2S/c1-2-3-10-16(18-13-8-5-9-14-18)15-21(19,20)17-11-6-4-7-12-17/h4,6-7,11-12,15H,2-3,5,8-10,13-14H2,1H3/b16-15+. The van der Waals surface area contributed by atoms with E-state index in [-0.39, 0.29) is 0 Å². The van der Waals surface area contributed by atoms with Gasteiger partial charge in [0.1, 0.15) is 0 Å². The largest absolute Gasteiger partial charge is 0.374 e. The summed E-state index contributed by atoms with van der Waals surface area (Å²) in [5.74, 6) is 0. The highest BCUT2D eigenvalue weighted by Gasteiger charge is 2.18. The van der Waals surface area contributed by atoms with Crippen molar-refractivity contribution in [2.75, 3.05) is 13.1 Å². The number of sulfone groups is 1. The first-order chi connectivity index (χ1) is 10.1. The van der Waals surface area contributed by atoms with Crippen LogP contribution in [0.25, 0.3) is 0 Å². The Balaban J connectivity index is 2.26. The molecule has 116 valence electrons. The van der Waals surface area contributed by atoms with Gasteiger partial charge in [0.05, 0.1) is 10.3 Å². The third-order valence-corrected chi connectivity index (χ3v) is 5.42. The number of nitrogens with zero attached hydrogens (tertiary/aromatic N) is 1. The van der Waals surface area contributed by atoms with Crippen LogP contribution in [0, 0.1) is 0 Å². The van der Waals surface area contributed by atoms with Crippen LogP contribution in [0.1, 0.15) is 45.4 Å². The molecular weight excluding hydrogens is 282 g/mol. The van der Waals surface area contributed by atoms with Gasteiger partial charge in [0, 0.05) is 18.8 Å². The van der Waals surface area contributed by atoms with Crippen LogP contribution in [-0.2, 0) is 9.84 Å². The maximum absolute atomic E-state index is 12.5. The van der Waals surface area contributed by atoms with Gasteiger partial charge in [-0.3, -0.25) is 0 Å². The molecule has 0 atom stereocenters. The van der Waals surface area contributed by atoms with Gasteiger partial charge in [-0.05, 0) is 44.2 Å². The molecule has 2 rings (SSSR count). The summed E-state index contributed by atoms with van der Waals surface area (Å²) in [6.07, 6.45) is 6.54. The van der Waals surface area contributed by atoms with Gasteiger partial charge in [-0.25, -0.2) is 8.42 Å². The zero-order chi connectivity index (χ0) is 15.1. The van der Waals surface area contributed by atoms with Gasteiger partial charge in [-0.2, -0.15) is 0 Å². The zero-order valence-electron chi connectivity index (χ0n) is 12.8. The SMILES string of the molecule is CCCC/C(=C\S(=O)(=O)c1ccccc1)N1CCCCC1. The maximum Gasteiger partial charge on any atom is 0.201 e. The number of unbranched alkanes of at least 4 members (excludes halogenated alkanes) is 1. The lowest BCUT2D eigenvalue weighted by atomic mass is 10.1. The van der Waals surface area contributed by atoms with E-state index in [1.165, 1.54) is 11.8 Å². The second-order valence-electron chi connectivity index (χ2n) is 5.62. The third-order valence-electron chi connectivity index (χ3n) is 3.91. The predicted molar refractivity (Wildman–Crippen MR) is 86.7 cm³/mol. The van der Waals surface area contributed by atoms with Crippen LogP contribution in [-0.4, -0.2) is 26.4 Å². The summed E-state index contributed by atoms with van der Waals surface area (Å²) in [4.78, 5) is 2.65. The van der Waals surface area contributed by atoms with E-state index in [1.807, 2.05) is 6.07 Å². The van der Waals surface area contributed by atoms with Crippen LogP contribution in [0.2, 0.25) is 0 Å². The second kappa shape index (κ2) is 7.64. The van der Waals surface area contributed by atoms with E-state index in [4.69, 9.17) is 0 Å². The average molecular weight is 307 g/mol. The molecule has 0 aliphatic carbocycles. The topological polar surface area (TPSA) is 37.4 Å². The Morgan fingerprint density at radius 1 is 1.14 bits per heavy atom. The van der Waals surface area contributed by atoms with Crippen molar-refractivity contribution in [3.8, 4) is 0 Å². The number of rotatable bonds is 6. The monoisotopic (exact) mass is 307 g/mol. The highest BCUT2D eigenvalue weighted by Crippen LogP contribution is 2.22. The number of piperidine rings is 1. The quantitative estimate of drug-likeness (QED) is 0.798. The number of hydrogen-bond acceptors (Lipinski definition) is 3. The fourth-order valence-electron chi connectivity index (χ4n) is 2.69. The first-order valence-corrected chi connectivity index (χ1v) is 9.44. The van der Waals surface area contributed by atoms with Gasteiger partial charge >= 0.3 is 0 Å². The lowest BCUT2D eigenvalue weighted by molar-refractivity contribution is 0.276. The molecule has 0 saturated carbocycles. The van der Waals surface area contributed by atoms with Gasteiger partial charge in [0.25, 0.3) is 0 Å². The van der Waals surface area contributed by atoms with E-state index in [2.05, 4.69) is 11.8 Å². The Morgan fingerprint density at radius 3 is 2.43 bits per heavy atom. The molecule has 0 N–H and O–H groups in total. The summed E-state index contributed by atoms with van der Waals surface area (Å²) in [6, 6.07) is 8.71. The molecular formula is C17H25NO2S. The Labute approximate surface area is 128 Å². The molecule has 0 amide bonds. The van der Waals surface area contributed by atoms with Crippen molar-refractivity contribution in [1.29, 1.82) is 0 Å². The van der Waals surface area contributed by atoms with Crippen molar-refractivity contribution >= 4 is 9.84 Å². The van der Waals surface area contributed by atoms with Crippen LogP contribution in [0.4, 0.5) is 0 Å². The Kier molecular flexibility index (Phi) is 5.85. The van der Waals surface area contributed by atoms with Crippen LogP contribution in [0.5, 0.6) is 0 Å². The minimum absolute atomic E-state index is 0.385. The summed E-state index contributed by atoms with van der Waals surface area (Å²) in [7, 11) is -3.34. The molecule has 0 unspecified atom stereocenters. The minimum atomic E-state index is -3.34. The first kappa shape index (κ1) is 16.1. The van der Waals surface area contributed by atoms with Crippen molar-refractivity contribution in [3.63, 3.8) is 0 Å². The molecule has 0 aromatic heterocycles. The first-order valence-electron chi connectivity index (χ1n) is 7.89. The summed E-state index contributed by atoms with van der Waals surface area (Å²) >= 11 is 0. The van der Waals surface area contributed by atoms with Gasteiger partial charge in [0.15, 0.2) is 0 Å². The Bertz CT molecular complexity index is 558. The van der Waals surface area contributed by atoms with Crippen LogP contribution in [0.15, 0.2) is 46.3 Å². The van der Waals surface area contributed by atoms with Crippen LogP contribution >= 0.6 is 0 Å². The van der Waals surface area contributed by atoms with Crippen molar-refractivity contribution in [2.24, 2.45) is 0 Å². The van der Waals surface area contributed by atoms with Gasteiger partial charge in [-0.1, -0.05) is 31.5 Å². The van der Waals surface area contributed by atoms with E-state index >= 15 is 0 Å². The van der Waals surface area contributed by atoms with E-state index < -0.39 is 9.84 Å². The average Bonchev–Trinajstić information content (AvgIpc) is 2.53. The number of allylic oxidation sites excluding steroid dienone is 1. The van der Waals surface area contributed by atoms with Crippen molar-refractivity contribution in [1.82, 2.24) is 4.90 Å². The molecule has 21 heavy (non-hydrogen) atoms. The highest BCUT2D eigenvalue weighted by atomic mass is 32.2. The van der Waals surface area contributed by atoms with Gasteiger partial charge in [-0.15, -0.1) is 0 Å². The lowest BCUT2D eigenvalue weighted by Gasteiger charge is -2.31. The molecule has 1 aromatic carbocycles. The van der Waals surface area contributed by atoms with Crippen LogP contribution in [0.3, 0.4) is 0 Å². The molecule has 1 heterocycles. The van der Waals surface area contributed by atoms with E-state index in [9.17, 15) is 8.42 Å². The van der Waals surface area contributed by atoms with Crippen molar-refractivity contribution in [2.45, 2.75) is 50.3 Å². The third kappa shape index (κ3) is 4.60. The fourth-order valence-corrected chi connectivity index (χ4v) is 3.99. The summed E-state index contributed by atoms with van der Waals surface area (Å²) in [5, 5.41) is 1.50. The van der Waals surface area contributed by atoms with Crippen molar-refractivity contribution < 1.29 is 8.42 Å². The Morgan fingerprint density at radius 2 is 1.81 bits per heavy atom. The highest BCUT2D eigenvalue weighted by molar-refractivity contribution is 7.94. The molecule has 0 spiro atoms. The minimum Gasteiger partial charge on any atom is -0.374 e. The molecule has 1 fully saturated rings. The van der Waals surface area contributed by atoms with Gasteiger partial charge in [0.2, 0.25) is 9.84 Å². The maximum atomic E-state index is 12.5. The summed E-state index contributed by atoms with van der Waals surface area (Å²) in [6.45, 7) is 4.11. The van der Waals surface area contributed by atoms with Crippen LogP contribution < -0.4 is 0 Å². The normalized spacial score (nSPS) is 17.0. The lowest BCUT2D eigenvalue weighted by Crippen LogP contribution is -2.29. The number of hydrogen-bond donors (Lipinski definition) is 0. The molecule has 0 bridgehead atoms. The van der Waals surface area contributed by atoms with E-state index in [0.29, 0.717) is 4.90 Å². The van der Waals surface area contributed by atoms with E-state index in [0.717, 1.165) is 50.9 Å².